The van der Waals surface area contributed by atoms with Crippen LogP contribution in [0.15, 0.2) is 24.4 Å². The van der Waals surface area contributed by atoms with E-state index in [9.17, 15) is 0 Å². The van der Waals surface area contributed by atoms with Crippen LogP contribution < -0.4 is 5.73 Å². The maximum absolute atomic E-state index is 6.41. The molecule has 20 heavy (non-hydrogen) atoms. The number of nitrogens with two attached hydrogens (primary N) is 1. The molecular weight excluding hydrogens is 246 g/mol. The molecule has 1 saturated carbocycles. The fourth-order valence-electron chi connectivity index (χ4n) is 3.51. The van der Waals surface area contributed by atoms with Gasteiger partial charge in [-0.1, -0.05) is 32.8 Å². The van der Waals surface area contributed by atoms with Crippen LogP contribution in [0.25, 0.3) is 0 Å². The SMILES string of the molecule is CCCC1CCC(N)C(N(CC)Cc2ccccn2)C1. The lowest BCUT2D eigenvalue weighted by molar-refractivity contribution is 0.106. The van der Waals surface area contributed by atoms with Crippen LogP contribution in [0, 0.1) is 5.92 Å². The zero-order valence-corrected chi connectivity index (χ0v) is 13.0. The van der Waals surface area contributed by atoms with Gasteiger partial charge < -0.3 is 5.73 Å². The average molecular weight is 275 g/mol. The quantitative estimate of drug-likeness (QED) is 0.867. The molecule has 1 aromatic heterocycles. The van der Waals surface area contributed by atoms with Crippen molar-refractivity contribution >= 4 is 0 Å². The van der Waals surface area contributed by atoms with Crippen molar-refractivity contribution in [3.63, 3.8) is 0 Å². The Hall–Kier alpha value is -0.930. The lowest BCUT2D eigenvalue weighted by Crippen LogP contribution is -2.51. The Labute approximate surface area is 123 Å². The van der Waals surface area contributed by atoms with E-state index >= 15 is 0 Å². The molecule has 0 bridgehead atoms. The topological polar surface area (TPSA) is 42.1 Å². The molecule has 3 atom stereocenters. The largest absolute Gasteiger partial charge is 0.326 e. The summed E-state index contributed by atoms with van der Waals surface area (Å²) in [6.07, 6.45) is 8.27. The minimum absolute atomic E-state index is 0.326. The zero-order valence-electron chi connectivity index (χ0n) is 13.0. The Morgan fingerprint density at radius 3 is 2.80 bits per heavy atom. The van der Waals surface area contributed by atoms with E-state index in [2.05, 4.69) is 35.9 Å². The Balaban J connectivity index is 2.01. The predicted molar refractivity (Wildman–Crippen MR) is 84.3 cm³/mol. The molecule has 1 aliphatic carbocycles. The molecule has 1 aliphatic rings. The van der Waals surface area contributed by atoms with Crippen LogP contribution in [-0.4, -0.2) is 28.5 Å². The number of pyridine rings is 1. The summed E-state index contributed by atoms with van der Waals surface area (Å²) < 4.78 is 0. The van der Waals surface area contributed by atoms with Crippen molar-refractivity contribution in [2.24, 2.45) is 11.7 Å². The van der Waals surface area contributed by atoms with Crippen molar-refractivity contribution in [3.05, 3.63) is 30.1 Å². The molecule has 112 valence electrons. The summed E-state index contributed by atoms with van der Waals surface area (Å²) in [6, 6.07) is 7.00. The number of rotatable bonds is 6. The van der Waals surface area contributed by atoms with Gasteiger partial charge in [-0.25, -0.2) is 0 Å². The molecule has 0 spiro atoms. The maximum Gasteiger partial charge on any atom is 0.0544 e. The summed E-state index contributed by atoms with van der Waals surface area (Å²) >= 11 is 0. The van der Waals surface area contributed by atoms with Gasteiger partial charge in [0.15, 0.2) is 0 Å². The first-order valence-corrected chi connectivity index (χ1v) is 8.14. The lowest BCUT2D eigenvalue weighted by atomic mass is 9.80. The summed E-state index contributed by atoms with van der Waals surface area (Å²) in [4.78, 5) is 6.98. The van der Waals surface area contributed by atoms with Crippen LogP contribution in [0.5, 0.6) is 0 Å². The van der Waals surface area contributed by atoms with Gasteiger partial charge >= 0.3 is 0 Å². The van der Waals surface area contributed by atoms with Gasteiger partial charge in [-0.3, -0.25) is 9.88 Å². The maximum atomic E-state index is 6.41. The molecule has 3 nitrogen and oxygen atoms in total. The summed E-state index contributed by atoms with van der Waals surface area (Å²) in [7, 11) is 0. The summed E-state index contributed by atoms with van der Waals surface area (Å²) in [5.74, 6) is 0.864. The molecule has 1 heterocycles. The molecule has 3 heteroatoms. The van der Waals surface area contributed by atoms with Crippen molar-refractivity contribution < 1.29 is 0 Å². The lowest BCUT2D eigenvalue weighted by Gasteiger charge is -2.41. The molecule has 0 aliphatic heterocycles. The van der Waals surface area contributed by atoms with Crippen molar-refractivity contribution in [1.82, 2.24) is 9.88 Å². The average Bonchev–Trinajstić information content (AvgIpc) is 2.48. The Morgan fingerprint density at radius 1 is 1.30 bits per heavy atom. The fraction of sp³-hybridized carbons (Fsp3) is 0.706. The molecule has 1 fully saturated rings. The van der Waals surface area contributed by atoms with E-state index in [1.165, 1.54) is 32.1 Å². The van der Waals surface area contributed by atoms with E-state index in [-0.39, 0.29) is 0 Å². The summed E-state index contributed by atoms with van der Waals surface area (Å²) in [6.45, 7) is 6.50. The Kier molecular flexibility index (Phi) is 5.99. The molecule has 0 amide bonds. The van der Waals surface area contributed by atoms with E-state index in [1.54, 1.807) is 0 Å². The zero-order chi connectivity index (χ0) is 14.4. The molecule has 0 radical (unpaired) electrons. The molecule has 3 unspecified atom stereocenters. The second kappa shape index (κ2) is 7.75. The second-order valence-electron chi connectivity index (χ2n) is 6.08. The highest BCUT2D eigenvalue weighted by Gasteiger charge is 2.31. The van der Waals surface area contributed by atoms with E-state index in [1.807, 2.05) is 12.3 Å². The van der Waals surface area contributed by atoms with Gasteiger partial charge in [-0.15, -0.1) is 0 Å². The first-order valence-electron chi connectivity index (χ1n) is 8.14. The Morgan fingerprint density at radius 2 is 2.15 bits per heavy atom. The van der Waals surface area contributed by atoms with Crippen LogP contribution in [0.1, 0.15) is 51.6 Å². The third kappa shape index (κ3) is 4.03. The third-order valence-electron chi connectivity index (χ3n) is 4.64. The van der Waals surface area contributed by atoms with Gasteiger partial charge in [0.2, 0.25) is 0 Å². The van der Waals surface area contributed by atoms with Crippen molar-refractivity contribution in [2.75, 3.05) is 6.54 Å². The highest BCUT2D eigenvalue weighted by molar-refractivity contribution is 5.04. The summed E-state index contributed by atoms with van der Waals surface area (Å²) in [5, 5.41) is 0. The summed E-state index contributed by atoms with van der Waals surface area (Å²) in [5.41, 5.74) is 7.56. The van der Waals surface area contributed by atoms with Gasteiger partial charge in [-0.2, -0.15) is 0 Å². The standard InChI is InChI=1S/C17H29N3/c1-3-7-14-9-10-16(18)17(12-14)20(4-2)13-15-8-5-6-11-19-15/h5-6,8,11,14,16-17H,3-4,7,9-10,12-13,18H2,1-2H3. The minimum atomic E-state index is 0.326. The third-order valence-corrected chi connectivity index (χ3v) is 4.64. The molecule has 2 rings (SSSR count). The van der Waals surface area contributed by atoms with Crippen LogP contribution in [0.3, 0.4) is 0 Å². The van der Waals surface area contributed by atoms with E-state index in [4.69, 9.17) is 5.73 Å². The fourth-order valence-corrected chi connectivity index (χ4v) is 3.51. The molecule has 0 saturated heterocycles. The van der Waals surface area contributed by atoms with Gasteiger partial charge in [-0.05, 0) is 43.9 Å². The normalized spacial score (nSPS) is 26.9. The van der Waals surface area contributed by atoms with Crippen LogP contribution in [0.2, 0.25) is 0 Å². The van der Waals surface area contributed by atoms with Crippen LogP contribution in [-0.2, 0) is 6.54 Å². The number of aromatic nitrogens is 1. The van der Waals surface area contributed by atoms with Gasteiger partial charge in [0, 0.05) is 24.8 Å². The van der Waals surface area contributed by atoms with E-state index in [0.29, 0.717) is 12.1 Å². The molecule has 2 N–H and O–H groups in total. The first kappa shape index (κ1) is 15.5. The van der Waals surface area contributed by atoms with Crippen molar-refractivity contribution in [1.29, 1.82) is 0 Å². The number of hydrogen-bond donors (Lipinski definition) is 1. The minimum Gasteiger partial charge on any atom is -0.326 e. The second-order valence-corrected chi connectivity index (χ2v) is 6.08. The highest BCUT2D eigenvalue weighted by atomic mass is 15.2. The van der Waals surface area contributed by atoms with E-state index in [0.717, 1.165) is 24.7 Å². The first-order chi connectivity index (χ1) is 9.74. The monoisotopic (exact) mass is 275 g/mol. The molecule has 1 aromatic rings. The van der Waals surface area contributed by atoms with Gasteiger partial charge in [0.1, 0.15) is 0 Å². The molecular formula is C17H29N3. The number of hydrogen-bond acceptors (Lipinski definition) is 3. The highest BCUT2D eigenvalue weighted by Crippen LogP contribution is 2.30. The van der Waals surface area contributed by atoms with Gasteiger partial charge in [0.25, 0.3) is 0 Å². The van der Waals surface area contributed by atoms with Crippen LogP contribution in [0.4, 0.5) is 0 Å². The smallest absolute Gasteiger partial charge is 0.0544 e. The molecule has 0 aromatic carbocycles. The Bertz CT molecular complexity index is 379. The number of likely N-dealkylation sites (N-methyl/N-ethyl adjacent to an activating group) is 1. The van der Waals surface area contributed by atoms with Crippen molar-refractivity contribution in [2.45, 2.75) is 64.6 Å². The number of nitrogens with zero attached hydrogens (tertiary/aromatic N) is 2. The van der Waals surface area contributed by atoms with Gasteiger partial charge in [0.05, 0.1) is 5.69 Å². The van der Waals surface area contributed by atoms with E-state index < -0.39 is 0 Å². The van der Waals surface area contributed by atoms with Crippen molar-refractivity contribution in [3.8, 4) is 0 Å². The van der Waals surface area contributed by atoms with Crippen LogP contribution >= 0.6 is 0 Å². The predicted octanol–water partition coefficient (Wildman–Crippen LogP) is 3.20.